The van der Waals surface area contributed by atoms with E-state index < -0.39 is 0 Å². The van der Waals surface area contributed by atoms with Crippen LogP contribution in [0.4, 0.5) is 4.39 Å². The average molecular weight is 376 g/mol. The van der Waals surface area contributed by atoms with Crippen LogP contribution in [-0.2, 0) is 12.8 Å². The average Bonchev–Trinajstić information content (AvgIpc) is 2.45. The Kier molecular flexibility index (Phi) is 5.88. The van der Waals surface area contributed by atoms with Crippen LogP contribution in [0.25, 0.3) is 0 Å². The van der Waals surface area contributed by atoms with Crippen LogP contribution in [0.3, 0.4) is 0 Å². The topological polar surface area (TPSA) is 0 Å². The molecule has 0 aliphatic heterocycles. The number of hydrogen-bond donors (Lipinski definition) is 0. The van der Waals surface area contributed by atoms with Crippen molar-refractivity contribution in [3.63, 3.8) is 0 Å². The summed E-state index contributed by atoms with van der Waals surface area (Å²) in [4.78, 5) is 0. The normalized spacial score (nSPS) is 12.4. The molecule has 1 unspecified atom stereocenters. The van der Waals surface area contributed by atoms with Crippen LogP contribution in [0.2, 0.25) is 5.02 Å². The van der Waals surface area contributed by atoms with E-state index in [4.69, 9.17) is 23.2 Å². The maximum absolute atomic E-state index is 13.4. The van der Waals surface area contributed by atoms with Gasteiger partial charge in [0.2, 0.25) is 0 Å². The third kappa shape index (κ3) is 4.21. The van der Waals surface area contributed by atoms with Crippen LogP contribution in [0.1, 0.15) is 11.1 Å². The first-order chi connectivity index (χ1) is 9.60. The molecular weight excluding hydrogens is 362 g/mol. The van der Waals surface area contributed by atoms with Crippen molar-refractivity contribution in [2.75, 3.05) is 5.88 Å². The van der Waals surface area contributed by atoms with Gasteiger partial charge in [-0.05, 0) is 48.1 Å². The molecule has 0 saturated heterocycles. The van der Waals surface area contributed by atoms with Crippen LogP contribution >= 0.6 is 39.1 Å². The lowest BCUT2D eigenvalue weighted by Gasteiger charge is -2.15. The first-order valence-corrected chi connectivity index (χ1v) is 8.04. The fourth-order valence-corrected chi connectivity index (χ4v) is 2.84. The highest BCUT2D eigenvalue weighted by atomic mass is 79.9. The Hall–Kier alpha value is -0.570. The Labute approximate surface area is 137 Å². The fourth-order valence-electron chi connectivity index (χ4n) is 2.15. The summed E-state index contributed by atoms with van der Waals surface area (Å²) in [5.41, 5.74) is 2.03. The van der Waals surface area contributed by atoms with E-state index in [2.05, 4.69) is 28.1 Å². The van der Waals surface area contributed by atoms with Gasteiger partial charge in [-0.3, -0.25) is 0 Å². The summed E-state index contributed by atoms with van der Waals surface area (Å²) in [6.07, 6.45) is 1.53. The molecule has 0 saturated carbocycles. The number of benzene rings is 2. The zero-order valence-corrected chi connectivity index (χ0v) is 13.8. The quantitative estimate of drug-likeness (QED) is 0.572. The number of alkyl halides is 1. The molecule has 106 valence electrons. The molecule has 0 aliphatic carbocycles. The number of halogens is 4. The van der Waals surface area contributed by atoms with Gasteiger partial charge in [-0.1, -0.05) is 51.8 Å². The van der Waals surface area contributed by atoms with E-state index in [9.17, 15) is 4.39 Å². The standard InChI is InChI=1S/C16H14BrCl2F/c17-14-6-4-11(5-7-14)8-12(10-18)9-13-2-1-3-15(20)16(13)19/h1-7,12H,8-10H2. The van der Waals surface area contributed by atoms with Crippen molar-refractivity contribution >= 4 is 39.1 Å². The van der Waals surface area contributed by atoms with Crippen molar-refractivity contribution in [3.8, 4) is 0 Å². The molecule has 2 aromatic rings. The zero-order chi connectivity index (χ0) is 14.5. The van der Waals surface area contributed by atoms with Gasteiger partial charge in [0.15, 0.2) is 0 Å². The van der Waals surface area contributed by atoms with Gasteiger partial charge in [-0.15, -0.1) is 11.6 Å². The molecule has 0 heterocycles. The zero-order valence-electron chi connectivity index (χ0n) is 10.8. The highest BCUT2D eigenvalue weighted by molar-refractivity contribution is 9.10. The summed E-state index contributed by atoms with van der Waals surface area (Å²) < 4.78 is 14.5. The monoisotopic (exact) mass is 374 g/mol. The summed E-state index contributed by atoms with van der Waals surface area (Å²) in [7, 11) is 0. The lowest BCUT2D eigenvalue weighted by molar-refractivity contribution is 0.577. The smallest absolute Gasteiger partial charge is 0.142 e. The first-order valence-electron chi connectivity index (χ1n) is 6.33. The molecule has 0 nitrogen and oxygen atoms in total. The second kappa shape index (κ2) is 7.44. The molecule has 0 bridgehead atoms. The minimum atomic E-state index is -0.374. The summed E-state index contributed by atoms with van der Waals surface area (Å²) in [6.45, 7) is 0. The summed E-state index contributed by atoms with van der Waals surface area (Å²) >= 11 is 15.5. The molecule has 1 atom stereocenters. The van der Waals surface area contributed by atoms with Gasteiger partial charge < -0.3 is 0 Å². The highest BCUT2D eigenvalue weighted by Gasteiger charge is 2.13. The molecule has 20 heavy (non-hydrogen) atoms. The fraction of sp³-hybridized carbons (Fsp3) is 0.250. The molecule has 2 rings (SSSR count). The van der Waals surface area contributed by atoms with Crippen LogP contribution in [0, 0.1) is 11.7 Å². The van der Waals surface area contributed by atoms with Crippen LogP contribution in [0.5, 0.6) is 0 Å². The van der Waals surface area contributed by atoms with Crippen molar-refractivity contribution in [3.05, 3.63) is 68.9 Å². The highest BCUT2D eigenvalue weighted by Crippen LogP contribution is 2.25. The lowest BCUT2D eigenvalue weighted by atomic mass is 9.94. The van der Waals surface area contributed by atoms with Crippen molar-refractivity contribution in [1.82, 2.24) is 0 Å². The van der Waals surface area contributed by atoms with Gasteiger partial charge in [0.1, 0.15) is 5.82 Å². The molecule has 0 fully saturated rings. The van der Waals surface area contributed by atoms with Gasteiger partial charge in [0.05, 0.1) is 5.02 Å². The molecule has 2 aromatic carbocycles. The van der Waals surface area contributed by atoms with Gasteiger partial charge >= 0.3 is 0 Å². The Balaban J connectivity index is 2.09. The predicted molar refractivity (Wildman–Crippen MR) is 87.2 cm³/mol. The van der Waals surface area contributed by atoms with E-state index in [1.165, 1.54) is 11.6 Å². The summed E-state index contributed by atoms with van der Waals surface area (Å²) in [6, 6.07) is 13.1. The maximum atomic E-state index is 13.4. The van der Waals surface area contributed by atoms with Crippen LogP contribution in [0.15, 0.2) is 46.9 Å². The SMILES string of the molecule is Fc1cccc(CC(CCl)Cc2ccc(Br)cc2)c1Cl. The molecule has 0 aromatic heterocycles. The van der Waals surface area contributed by atoms with E-state index in [1.54, 1.807) is 6.07 Å². The molecule has 0 aliphatic rings. The van der Waals surface area contributed by atoms with Gasteiger partial charge in [0.25, 0.3) is 0 Å². The molecule has 0 spiro atoms. The van der Waals surface area contributed by atoms with E-state index in [0.717, 1.165) is 16.5 Å². The van der Waals surface area contributed by atoms with Crippen molar-refractivity contribution < 1.29 is 4.39 Å². The van der Waals surface area contributed by atoms with E-state index in [0.29, 0.717) is 12.3 Å². The molecular formula is C16H14BrCl2F. The van der Waals surface area contributed by atoms with Crippen molar-refractivity contribution in [2.45, 2.75) is 12.8 Å². The molecule has 0 radical (unpaired) electrons. The summed E-state index contributed by atoms with van der Waals surface area (Å²) in [5, 5.41) is 0.207. The second-order valence-corrected chi connectivity index (χ2v) is 6.37. The predicted octanol–water partition coefficient (Wildman–Crippen LogP) is 5.88. The van der Waals surface area contributed by atoms with E-state index >= 15 is 0 Å². The molecule has 0 amide bonds. The van der Waals surface area contributed by atoms with Crippen LogP contribution in [-0.4, -0.2) is 5.88 Å². The number of hydrogen-bond acceptors (Lipinski definition) is 0. The van der Waals surface area contributed by atoms with E-state index in [1.807, 2.05) is 18.2 Å². The van der Waals surface area contributed by atoms with Gasteiger partial charge in [-0.2, -0.15) is 0 Å². The Morgan fingerprint density at radius 3 is 2.40 bits per heavy atom. The third-order valence-corrected chi connectivity index (χ3v) is 4.58. The second-order valence-electron chi connectivity index (χ2n) is 4.77. The Morgan fingerprint density at radius 2 is 1.75 bits per heavy atom. The summed E-state index contributed by atoms with van der Waals surface area (Å²) in [5.74, 6) is 0.376. The molecule has 0 N–H and O–H groups in total. The first kappa shape index (κ1) is 15.8. The lowest BCUT2D eigenvalue weighted by Crippen LogP contribution is -2.10. The van der Waals surface area contributed by atoms with Crippen molar-refractivity contribution in [1.29, 1.82) is 0 Å². The third-order valence-electron chi connectivity index (χ3n) is 3.20. The minimum Gasteiger partial charge on any atom is -0.205 e. The van der Waals surface area contributed by atoms with Crippen LogP contribution < -0.4 is 0 Å². The Bertz CT molecular complexity index is 569. The van der Waals surface area contributed by atoms with Gasteiger partial charge in [0, 0.05) is 10.4 Å². The maximum Gasteiger partial charge on any atom is 0.142 e. The van der Waals surface area contributed by atoms with Crippen molar-refractivity contribution in [2.24, 2.45) is 5.92 Å². The molecule has 4 heteroatoms. The minimum absolute atomic E-state index is 0.207. The largest absolute Gasteiger partial charge is 0.205 e. The van der Waals surface area contributed by atoms with Gasteiger partial charge in [-0.25, -0.2) is 4.39 Å². The van der Waals surface area contributed by atoms with E-state index in [-0.39, 0.29) is 16.8 Å². The number of rotatable bonds is 5. The Morgan fingerprint density at radius 1 is 1.05 bits per heavy atom.